The van der Waals surface area contributed by atoms with Gasteiger partial charge >= 0.3 is 0 Å². The summed E-state index contributed by atoms with van der Waals surface area (Å²) in [5.41, 5.74) is 0. The van der Waals surface area contributed by atoms with Gasteiger partial charge in [-0.3, -0.25) is 4.79 Å². The highest BCUT2D eigenvalue weighted by Gasteiger charge is 2.53. The van der Waals surface area contributed by atoms with Crippen LogP contribution in [0.5, 0.6) is 0 Å². The van der Waals surface area contributed by atoms with E-state index in [4.69, 9.17) is 28.4 Å². The average Bonchev–Trinajstić information content (AvgIpc) is 3.40. The fourth-order valence-electron chi connectivity index (χ4n) is 8.50. The molecule has 12 N–H and O–H groups in total. The van der Waals surface area contributed by atoms with Gasteiger partial charge < -0.3 is 89.9 Å². The molecule has 0 spiro atoms. The first kappa shape index (κ1) is 65.3. The number of unbranched alkanes of at least 4 members (excludes halogenated alkanes) is 8. The van der Waals surface area contributed by atoms with Crippen molar-refractivity contribution in [3.63, 3.8) is 0 Å². The zero-order valence-electron chi connectivity index (χ0n) is 43.5. The molecule has 19 nitrogen and oxygen atoms in total. The lowest BCUT2D eigenvalue weighted by Gasteiger charge is -2.48. The predicted molar refractivity (Wildman–Crippen MR) is 277 cm³/mol. The number of amides is 1. The van der Waals surface area contributed by atoms with Crippen LogP contribution >= 0.6 is 0 Å². The van der Waals surface area contributed by atoms with Crippen LogP contribution in [-0.2, 0) is 33.2 Å². The molecule has 3 saturated heterocycles. The van der Waals surface area contributed by atoms with Gasteiger partial charge in [0.05, 0.1) is 38.6 Å². The smallest absolute Gasteiger partial charge is 0.220 e. The molecule has 19 heteroatoms. The van der Waals surface area contributed by atoms with E-state index in [9.17, 15) is 61.0 Å². The van der Waals surface area contributed by atoms with Crippen LogP contribution in [0.15, 0.2) is 85.1 Å². The number of hydrogen-bond acceptors (Lipinski definition) is 18. The van der Waals surface area contributed by atoms with E-state index in [1.54, 1.807) is 6.08 Å². The molecule has 0 aromatic carbocycles. The summed E-state index contributed by atoms with van der Waals surface area (Å²) in [5, 5.41) is 120. The van der Waals surface area contributed by atoms with E-state index in [2.05, 4.69) is 79.9 Å². The molecule has 17 atom stereocenters. The molecule has 0 saturated carbocycles. The van der Waals surface area contributed by atoms with E-state index in [-0.39, 0.29) is 12.3 Å². The first-order valence-electron chi connectivity index (χ1n) is 26.8. The average molecular weight is 1050 g/mol. The second kappa shape index (κ2) is 38.5. The molecule has 0 aliphatic carbocycles. The monoisotopic (exact) mass is 1050 g/mol. The highest BCUT2D eigenvalue weighted by atomic mass is 16.8. The Labute approximate surface area is 438 Å². The molecule has 0 aromatic heterocycles. The quantitative estimate of drug-likeness (QED) is 0.0317. The van der Waals surface area contributed by atoms with Crippen LogP contribution in [0.25, 0.3) is 0 Å². The van der Waals surface area contributed by atoms with Crippen LogP contribution in [0.3, 0.4) is 0 Å². The Balaban J connectivity index is 1.56. The van der Waals surface area contributed by atoms with E-state index in [1.807, 2.05) is 18.2 Å². The molecule has 17 unspecified atom stereocenters. The normalized spacial score (nSPS) is 32.1. The lowest BCUT2D eigenvalue weighted by Crippen LogP contribution is -2.66. The third kappa shape index (κ3) is 23.3. The molecular weight excluding hydrogens is 963 g/mol. The van der Waals surface area contributed by atoms with Crippen molar-refractivity contribution in [3.8, 4) is 0 Å². The molecule has 0 radical (unpaired) electrons. The van der Waals surface area contributed by atoms with Gasteiger partial charge in [0.15, 0.2) is 18.9 Å². The number of ether oxygens (including phenoxy) is 6. The summed E-state index contributed by atoms with van der Waals surface area (Å²) in [6, 6.07) is -1.02. The summed E-state index contributed by atoms with van der Waals surface area (Å²) >= 11 is 0. The van der Waals surface area contributed by atoms with E-state index >= 15 is 0 Å². The van der Waals surface area contributed by atoms with Crippen LogP contribution in [0.4, 0.5) is 0 Å². The number of allylic oxidation sites excluding steroid dienone is 13. The van der Waals surface area contributed by atoms with Gasteiger partial charge in [-0.1, -0.05) is 144 Å². The summed E-state index contributed by atoms with van der Waals surface area (Å²) in [4.78, 5) is 13.2. The highest BCUT2D eigenvalue weighted by Crippen LogP contribution is 2.33. The van der Waals surface area contributed by atoms with Crippen LogP contribution in [-0.4, -0.2) is 193 Å². The summed E-state index contributed by atoms with van der Waals surface area (Å²) in [6.45, 7) is 1.47. The molecule has 74 heavy (non-hydrogen) atoms. The lowest BCUT2D eigenvalue weighted by molar-refractivity contribution is -0.379. The number of carbonyl (C=O) groups excluding carboxylic acids is 1. The van der Waals surface area contributed by atoms with Crippen molar-refractivity contribution in [3.05, 3.63) is 85.1 Å². The van der Waals surface area contributed by atoms with Crippen molar-refractivity contribution < 1.29 is 89.4 Å². The predicted octanol–water partition coefficient (Wildman–Crippen LogP) is 2.86. The third-order valence-corrected chi connectivity index (χ3v) is 13.0. The molecule has 0 aromatic rings. The first-order valence-corrected chi connectivity index (χ1v) is 26.8. The molecule has 3 heterocycles. The largest absolute Gasteiger partial charge is 0.394 e. The molecule has 3 aliphatic heterocycles. The van der Waals surface area contributed by atoms with Gasteiger partial charge in [0.25, 0.3) is 0 Å². The Bertz CT molecular complexity index is 1690. The number of nitrogens with one attached hydrogen (secondary N) is 1. The minimum absolute atomic E-state index is 0.113. The standard InChI is InChI=1S/C55H91NO18/c1-3-5-7-9-11-13-15-16-17-18-19-20-21-22-23-25-27-29-31-33-43(61)56-38(39(60)32-30-28-26-24-14-12-10-8-6-4-2)37-69-53-49(67)46(64)51(41(35-58)71-53)74-55-50(68)47(65)52(42(36-59)72-55)73-54-48(66)45(63)44(62)40(34-57)70-54/h5,7,11,13,16-17,19-20,22-23,27,29-30,32,38-42,44-55,57-60,62-68H,3-4,6,8-10,12,14-15,18,21,24-26,28,31,33-37H2,1-2H3,(H,56,61)/b7-5-,13-11-,17-16-,20-19-,23-22-,29-27-,32-30+. The Hall–Kier alpha value is -3.03. The van der Waals surface area contributed by atoms with Gasteiger partial charge in [0.1, 0.15) is 73.2 Å². The van der Waals surface area contributed by atoms with Crippen molar-refractivity contribution in [1.82, 2.24) is 5.32 Å². The van der Waals surface area contributed by atoms with Crippen molar-refractivity contribution in [2.45, 2.75) is 227 Å². The Morgan fingerprint density at radius 1 is 0.500 bits per heavy atom. The van der Waals surface area contributed by atoms with Gasteiger partial charge in [-0.15, -0.1) is 0 Å². The van der Waals surface area contributed by atoms with E-state index in [1.165, 1.54) is 32.1 Å². The first-order chi connectivity index (χ1) is 35.8. The number of hydrogen-bond donors (Lipinski definition) is 12. The highest BCUT2D eigenvalue weighted by molar-refractivity contribution is 5.76. The Morgan fingerprint density at radius 2 is 0.932 bits per heavy atom. The Morgan fingerprint density at radius 3 is 1.43 bits per heavy atom. The number of rotatable bonds is 36. The van der Waals surface area contributed by atoms with E-state index in [0.717, 1.165) is 51.4 Å². The lowest BCUT2D eigenvalue weighted by atomic mass is 9.96. The van der Waals surface area contributed by atoms with Gasteiger partial charge in [-0.05, 0) is 57.8 Å². The number of aliphatic hydroxyl groups is 11. The molecule has 1 amide bonds. The second-order valence-electron chi connectivity index (χ2n) is 19.0. The molecule has 3 aliphatic rings. The fraction of sp³-hybridized carbons (Fsp3) is 0.727. The van der Waals surface area contributed by atoms with Crippen molar-refractivity contribution >= 4 is 5.91 Å². The SMILES string of the molecule is CC/C=C\C/C=C\C/C=C\C/C=C\C/C=C\C/C=C\CCC(=O)NC(COC1OC(CO)C(OC2OC(CO)C(OC3OC(CO)C(O)C(O)C3O)C(O)C2O)C(O)C1O)C(O)/C=C/CCCCCCCCCC. The van der Waals surface area contributed by atoms with E-state index in [0.29, 0.717) is 19.3 Å². The van der Waals surface area contributed by atoms with Crippen LogP contribution in [0.1, 0.15) is 123 Å². The van der Waals surface area contributed by atoms with E-state index < -0.39 is 131 Å². The van der Waals surface area contributed by atoms with Crippen LogP contribution in [0, 0.1) is 0 Å². The van der Waals surface area contributed by atoms with Gasteiger partial charge in [0, 0.05) is 6.42 Å². The van der Waals surface area contributed by atoms with Crippen molar-refractivity contribution in [2.75, 3.05) is 26.4 Å². The fourth-order valence-corrected chi connectivity index (χ4v) is 8.50. The molecular formula is C55H91NO18. The molecule has 3 fully saturated rings. The molecule has 424 valence electrons. The number of carbonyl (C=O) groups is 1. The summed E-state index contributed by atoms with van der Waals surface area (Å²) in [5.74, 6) is -0.365. The zero-order valence-corrected chi connectivity index (χ0v) is 43.5. The third-order valence-electron chi connectivity index (χ3n) is 13.0. The topological polar surface area (TPSA) is 307 Å². The minimum atomic E-state index is -1.99. The van der Waals surface area contributed by atoms with Gasteiger partial charge in [0.2, 0.25) is 5.91 Å². The zero-order chi connectivity index (χ0) is 54.1. The minimum Gasteiger partial charge on any atom is -0.394 e. The molecule has 3 rings (SSSR count). The molecule has 0 bridgehead atoms. The van der Waals surface area contributed by atoms with Crippen LogP contribution < -0.4 is 5.32 Å². The van der Waals surface area contributed by atoms with Crippen LogP contribution in [0.2, 0.25) is 0 Å². The maximum Gasteiger partial charge on any atom is 0.220 e. The number of aliphatic hydroxyl groups excluding tert-OH is 11. The van der Waals surface area contributed by atoms with Crippen molar-refractivity contribution in [2.24, 2.45) is 0 Å². The maximum atomic E-state index is 13.2. The Kier molecular flexibility index (Phi) is 34.0. The maximum absolute atomic E-state index is 13.2. The summed E-state index contributed by atoms with van der Waals surface area (Å²) in [6.07, 6.45) is 17.4. The summed E-state index contributed by atoms with van der Waals surface area (Å²) < 4.78 is 34.1. The van der Waals surface area contributed by atoms with Crippen molar-refractivity contribution in [1.29, 1.82) is 0 Å². The van der Waals surface area contributed by atoms with Gasteiger partial charge in [-0.25, -0.2) is 0 Å². The second-order valence-corrected chi connectivity index (χ2v) is 19.0. The summed E-state index contributed by atoms with van der Waals surface area (Å²) in [7, 11) is 0. The van der Waals surface area contributed by atoms with Gasteiger partial charge in [-0.2, -0.15) is 0 Å².